The first kappa shape index (κ1) is 13.7. The minimum atomic E-state index is -0.267. The number of hydrogen-bond donors (Lipinski definition) is 1. The smallest absolute Gasteiger partial charge is 0.253 e. The number of primary amides is 1. The molecule has 0 saturated carbocycles. The first-order valence-corrected chi connectivity index (χ1v) is 7.16. The topological polar surface area (TPSA) is 72.6 Å². The van der Waals surface area contributed by atoms with Gasteiger partial charge in [-0.05, 0) is 25.0 Å². The van der Waals surface area contributed by atoms with Crippen LogP contribution in [-0.4, -0.2) is 36.4 Å². The molecule has 0 bridgehead atoms. The fourth-order valence-corrected chi connectivity index (χ4v) is 2.81. The quantitative estimate of drug-likeness (QED) is 0.887. The number of nitrogens with two attached hydrogens (primary N) is 1. The average molecular weight is 286 g/mol. The van der Waals surface area contributed by atoms with Crippen molar-refractivity contribution in [3.05, 3.63) is 35.4 Å². The molecule has 110 valence electrons. The Morgan fingerprint density at radius 3 is 2.62 bits per heavy atom. The summed E-state index contributed by atoms with van der Waals surface area (Å²) in [5.74, 6) is 0.427. The molecular weight excluding hydrogens is 268 g/mol. The van der Waals surface area contributed by atoms with Gasteiger partial charge in [-0.3, -0.25) is 9.59 Å². The molecule has 5 nitrogen and oxygen atoms in total. The van der Waals surface area contributed by atoms with Gasteiger partial charge in [-0.2, -0.15) is 0 Å². The van der Waals surface area contributed by atoms with Gasteiger partial charge < -0.3 is 15.4 Å². The molecule has 1 saturated heterocycles. The number of benzene rings is 1. The van der Waals surface area contributed by atoms with E-state index in [0.717, 1.165) is 11.3 Å². The Balaban J connectivity index is 1.70. The maximum absolute atomic E-state index is 12.5. The van der Waals surface area contributed by atoms with Crippen LogP contribution >= 0.6 is 0 Å². The molecule has 2 heterocycles. The summed E-state index contributed by atoms with van der Waals surface area (Å²) in [4.78, 5) is 25.4. The minimum Gasteiger partial charge on any atom is -0.488 e. The summed E-state index contributed by atoms with van der Waals surface area (Å²) >= 11 is 0. The normalized spacial score (nSPS) is 18.5. The molecule has 0 aromatic heterocycles. The molecule has 2 amide bonds. The summed E-state index contributed by atoms with van der Waals surface area (Å²) in [5, 5.41) is 0. The standard InChI is InChI=1S/C16H18N2O3/c17-15(19)11-5-7-18(8-6-11)16(20)13-9-12-3-1-2-4-14(12)21-10-13/h1-4,9,11H,5-8,10H2,(H2,17,19). The van der Waals surface area contributed by atoms with Crippen LogP contribution in [-0.2, 0) is 9.59 Å². The van der Waals surface area contributed by atoms with Gasteiger partial charge in [0.15, 0.2) is 0 Å². The van der Waals surface area contributed by atoms with Crippen LogP contribution < -0.4 is 10.5 Å². The Hall–Kier alpha value is -2.30. The van der Waals surface area contributed by atoms with Crippen molar-refractivity contribution in [2.45, 2.75) is 12.8 Å². The van der Waals surface area contributed by atoms with Crippen LogP contribution in [0.15, 0.2) is 29.8 Å². The number of para-hydroxylation sites is 1. The van der Waals surface area contributed by atoms with E-state index in [-0.39, 0.29) is 17.7 Å². The molecule has 3 rings (SSSR count). The monoisotopic (exact) mass is 286 g/mol. The van der Waals surface area contributed by atoms with Crippen LogP contribution in [0.4, 0.5) is 0 Å². The fourth-order valence-electron chi connectivity index (χ4n) is 2.81. The summed E-state index contributed by atoms with van der Waals surface area (Å²) in [7, 11) is 0. The Kier molecular flexibility index (Phi) is 3.64. The van der Waals surface area contributed by atoms with Crippen LogP contribution in [0, 0.1) is 5.92 Å². The molecule has 2 aliphatic heterocycles. The molecule has 5 heteroatoms. The number of fused-ring (bicyclic) bond motifs is 1. The number of rotatable bonds is 2. The second kappa shape index (κ2) is 5.60. The van der Waals surface area contributed by atoms with Crippen molar-refractivity contribution in [3.8, 4) is 5.75 Å². The zero-order chi connectivity index (χ0) is 14.8. The van der Waals surface area contributed by atoms with E-state index in [2.05, 4.69) is 0 Å². The second-order valence-corrected chi connectivity index (χ2v) is 5.46. The van der Waals surface area contributed by atoms with Crippen molar-refractivity contribution < 1.29 is 14.3 Å². The van der Waals surface area contributed by atoms with E-state index >= 15 is 0 Å². The van der Waals surface area contributed by atoms with Gasteiger partial charge in [0.2, 0.25) is 5.91 Å². The molecular formula is C16H18N2O3. The summed E-state index contributed by atoms with van der Waals surface area (Å²) < 4.78 is 5.62. The molecule has 21 heavy (non-hydrogen) atoms. The molecule has 0 aliphatic carbocycles. The molecule has 1 aromatic rings. The molecule has 0 unspecified atom stereocenters. The van der Waals surface area contributed by atoms with Gasteiger partial charge >= 0.3 is 0 Å². The van der Waals surface area contributed by atoms with Crippen LogP contribution in [0.3, 0.4) is 0 Å². The van der Waals surface area contributed by atoms with Crippen molar-refractivity contribution in [2.75, 3.05) is 19.7 Å². The van der Waals surface area contributed by atoms with Crippen molar-refractivity contribution in [3.63, 3.8) is 0 Å². The summed E-state index contributed by atoms with van der Waals surface area (Å²) in [6.45, 7) is 1.45. The molecule has 0 spiro atoms. The average Bonchev–Trinajstić information content (AvgIpc) is 2.54. The number of nitrogens with zero attached hydrogens (tertiary/aromatic N) is 1. The highest BCUT2D eigenvalue weighted by molar-refractivity contribution is 5.99. The first-order valence-electron chi connectivity index (χ1n) is 7.16. The van der Waals surface area contributed by atoms with Gasteiger partial charge in [0, 0.05) is 24.6 Å². The molecule has 0 atom stereocenters. The highest BCUT2D eigenvalue weighted by Gasteiger charge is 2.28. The van der Waals surface area contributed by atoms with Crippen LogP contribution in [0.25, 0.3) is 6.08 Å². The number of ether oxygens (including phenoxy) is 1. The Labute approximate surface area is 123 Å². The van der Waals surface area contributed by atoms with E-state index in [1.165, 1.54) is 0 Å². The third kappa shape index (κ3) is 2.77. The largest absolute Gasteiger partial charge is 0.488 e. The van der Waals surface area contributed by atoms with E-state index < -0.39 is 0 Å². The van der Waals surface area contributed by atoms with Gasteiger partial charge in [0.25, 0.3) is 5.91 Å². The number of carbonyl (C=O) groups excluding carboxylic acids is 2. The fraction of sp³-hybridized carbons (Fsp3) is 0.375. The van der Waals surface area contributed by atoms with Gasteiger partial charge in [-0.1, -0.05) is 18.2 Å². The summed E-state index contributed by atoms with van der Waals surface area (Å²) in [6, 6.07) is 7.66. The Bertz CT molecular complexity index is 601. The second-order valence-electron chi connectivity index (χ2n) is 5.46. The van der Waals surface area contributed by atoms with E-state index in [1.807, 2.05) is 30.3 Å². The van der Waals surface area contributed by atoms with Gasteiger partial charge in [-0.25, -0.2) is 0 Å². The van der Waals surface area contributed by atoms with Crippen molar-refractivity contribution in [1.29, 1.82) is 0 Å². The predicted molar refractivity (Wildman–Crippen MR) is 78.4 cm³/mol. The summed E-state index contributed by atoms with van der Waals surface area (Å²) in [6.07, 6.45) is 3.18. The van der Waals surface area contributed by atoms with Crippen molar-refractivity contribution >= 4 is 17.9 Å². The third-order valence-corrected chi connectivity index (χ3v) is 4.09. The predicted octanol–water partition coefficient (Wildman–Crippen LogP) is 1.19. The maximum atomic E-state index is 12.5. The lowest BCUT2D eigenvalue weighted by Gasteiger charge is -2.31. The SMILES string of the molecule is NC(=O)C1CCN(C(=O)C2=Cc3ccccc3OC2)CC1. The number of likely N-dealkylation sites (tertiary alicyclic amines) is 1. The van der Waals surface area contributed by atoms with Gasteiger partial charge in [-0.15, -0.1) is 0 Å². The highest BCUT2D eigenvalue weighted by atomic mass is 16.5. The number of hydrogen-bond acceptors (Lipinski definition) is 3. The first-order chi connectivity index (χ1) is 10.1. The number of amides is 2. The molecule has 0 radical (unpaired) electrons. The zero-order valence-corrected chi connectivity index (χ0v) is 11.7. The molecule has 1 aromatic carbocycles. The van der Waals surface area contributed by atoms with Crippen LogP contribution in [0.5, 0.6) is 5.75 Å². The number of piperidine rings is 1. The molecule has 2 N–H and O–H groups in total. The van der Waals surface area contributed by atoms with Crippen molar-refractivity contribution in [1.82, 2.24) is 4.90 Å². The Morgan fingerprint density at radius 1 is 1.19 bits per heavy atom. The lowest BCUT2D eigenvalue weighted by Crippen LogP contribution is -2.43. The van der Waals surface area contributed by atoms with E-state index in [9.17, 15) is 9.59 Å². The lowest BCUT2D eigenvalue weighted by atomic mass is 9.95. The van der Waals surface area contributed by atoms with Gasteiger partial charge in [0.05, 0.1) is 5.57 Å². The lowest BCUT2D eigenvalue weighted by molar-refractivity contribution is -0.131. The van der Waals surface area contributed by atoms with E-state index in [0.29, 0.717) is 38.1 Å². The zero-order valence-electron chi connectivity index (χ0n) is 11.7. The molecule has 1 fully saturated rings. The van der Waals surface area contributed by atoms with Crippen LogP contribution in [0.2, 0.25) is 0 Å². The van der Waals surface area contributed by atoms with Crippen molar-refractivity contribution in [2.24, 2.45) is 11.7 Å². The number of carbonyl (C=O) groups is 2. The van der Waals surface area contributed by atoms with Crippen LogP contribution in [0.1, 0.15) is 18.4 Å². The maximum Gasteiger partial charge on any atom is 0.253 e. The summed E-state index contributed by atoms with van der Waals surface area (Å²) in [5.41, 5.74) is 6.90. The van der Waals surface area contributed by atoms with Gasteiger partial charge in [0.1, 0.15) is 12.4 Å². The third-order valence-electron chi connectivity index (χ3n) is 4.09. The van der Waals surface area contributed by atoms with E-state index in [1.54, 1.807) is 4.90 Å². The Morgan fingerprint density at radius 2 is 1.90 bits per heavy atom. The molecule has 2 aliphatic rings. The minimum absolute atomic E-state index is 0.00702. The highest BCUT2D eigenvalue weighted by Crippen LogP contribution is 2.27. The van der Waals surface area contributed by atoms with E-state index in [4.69, 9.17) is 10.5 Å².